The van der Waals surface area contributed by atoms with Gasteiger partial charge in [0.2, 0.25) is 0 Å². The fraction of sp³-hybridized carbons (Fsp3) is 0.133. The minimum atomic E-state index is -1.19. The van der Waals surface area contributed by atoms with Crippen LogP contribution in [0.5, 0.6) is 0 Å². The molecule has 23 heavy (non-hydrogen) atoms. The Labute approximate surface area is 130 Å². The summed E-state index contributed by atoms with van der Waals surface area (Å²) in [7, 11) is 0. The number of carbonyl (C=O) groups excluding carboxylic acids is 1. The van der Waals surface area contributed by atoms with Gasteiger partial charge in [-0.25, -0.2) is 4.79 Å². The Kier molecular flexibility index (Phi) is 4.98. The maximum atomic E-state index is 12.0. The number of nitro groups is 1. The van der Waals surface area contributed by atoms with Crippen LogP contribution in [-0.4, -0.2) is 32.9 Å². The summed E-state index contributed by atoms with van der Waals surface area (Å²) in [6.07, 6.45) is 2.85. The fourth-order valence-corrected chi connectivity index (χ4v) is 1.93. The van der Waals surface area contributed by atoms with Gasteiger partial charge >= 0.3 is 5.97 Å². The summed E-state index contributed by atoms with van der Waals surface area (Å²) in [5.41, 5.74) is 0.733. The summed E-state index contributed by atoms with van der Waals surface area (Å²) < 4.78 is 0. The molecule has 2 aromatic rings. The van der Waals surface area contributed by atoms with Gasteiger partial charge in [-0.2, -0.15) is 0 Å². The van der Waals surface area contributed by atoms with Gasteiger partial charge in [0.1, 0.15) is 6.04 Å². The van der Waals surface area contributed by atoms with Crippen molar-refractivity contribution in [1.82, 2.24) is 10.3 Å². The average molecular weight is 315 g/mol. The molecule has 0 bridgehead atoms. The van der Waals surface area contributed by atoms with E-state index in [-0.39, 0.29) is 17.7 Å². The lowest BCUT2D eigenvalue weighted by Crippen LogP contribution is -2.42. The van der Waals surface area contributed by atoms with E-state index in [9.17, 15) is 24.8 Å². The van der Waals surface area contributed by atoms with Crippen LogP contribution in [0.2, 0.25) is 0 Å². The lowest BCUT2D eigenvalue weighted by molar-refractivity contribution is -0.384. The van der Waals surface area contributed by atoms with Crippen LogP contribution in [0, 0.1) is 10.1 Å². The molecule has 2 N–H and O–H groups in total. The molecule has 0 unspecified atom stereocenters. The molecule has 1 atom stereocenters. The normalized spacial score (nSPS) is 11.5. The van der Waals surface area contributed by atoms with Gasteiger partial charge in [-0.05, 0) is 17.7 Å². The van der Waals surface area contributed by atoms with Crippen LogP contribution in [0.25, 0.3) is 0 Å². The zero-order valence-electron chi connectivity index (χ0n) is 11.9. The quantitative estimate of drug-likeness (QED) is 0.614. The number of nitrogens with zero attached hydrogens (tertiary/aromatic N) is 2. The zero-order valence-corrected chi connectivity index (χ0v) is 11.9. The minimum absolute atomic E-state index is 0.0132. The summed E-state index contributed by atoms with van der Waals surface area (Å²) in [5.74, 6) is -1.74. The van der Waals surface area contributed by atoms with Gasteiger partial charge in [-0.15, -0.1) is 0 Å². The van der Waals surface area contributed by atoms with E-state index >= 15 is 0 Å². The number of hydrogen-bond acceptors (Lipinski definition) is 5. The van der Waals surface area contributed by atoms with Gasteiger partial charge in [0.25, 0.3) is 11.6 Å². The summed E-state index contributed by atoms with van der Waals surface area (Å²) in [5, 5.41) is 22.2. The van der Waals surface area contributed by atoms with Crippen LogP contribution in [0.4, 0.5) is 5.69 Å². The molecule has 1 aromatic heterocycles. The third-order valence-corrected chi connectivity index (χ3v) is 3.11. The van der Waals surface area contributed by atoms with Gasteiger partial charge in [0, 0.05) is 30.9 Å². The van der Waals surface area contributed by atoms with Crippen molar-refractivity contribution < 1.29 is 19.6 Å². The van der Waals surface area contributed by atoms with Crippen molar-refractivity contribution in [2.45, 2.75) is 12.5 Å². The summed E-state index contributed by atoms with van der Waals surface area (Å²) >= 11 is 0. The Morgan fingerprint density at radius 1 is 1.26 bits per heavy atom. The van der Waals surface area contributed by atoms with E-state index in [0.717, 1.165) is 0 Å². The number of aliphatic carboxylic acids is 1. The third kappa shape index (κ3) is 4.34. The predicted octanol–water partition coefficient (Wildman–Crippen LogP) is 1.42. The Bertz CT molecular complexity index is 716. The van der Waals surface area contributed by atoms with Crippen molar-refractivity contribution in [3.8, 4) is 0 Å². The number of nitrogens with one attached hydrogen (secondary N) is 1. The van der Waals surface area contributed by atoms with Crippen LogP contribution >= 0.6 is 0 Å². The fourth-order valence-electron chi connectivity index (χ4n) is 1.93. The first kappa shape index (κ1) is 16.1. The number of amides is 1. The van der Waals surface area contributed by atoms with Gasteiger partial charge in [0.15, 0.2) is 0 Å². The highest BCUT2D eigenvalue weighted by atomic mass is 16.6. The van der Waals surface area contributed by atoms with Crippen LogP contribution in [0.1, 0.15) is 15.9 Å². The molecule has 1 heterocycles. The van der Waals surface area contributed by atoms with Crippen molar-refractivity contribution in [3.05, 3.63) is 70.0 Å². The standard InChI is InChI=1S/C15H13N3O5/c19-14(11-2-1-7-16-9-11)17-13(15(20)21)8-10-3-5-12(6-4-10)18(22)23/h1-7,9,13H,8H2,(H,17,19)(H,20,21)/t13-/m0/s1. The van der Waals surface area contributed by atoms with Crippen LogP contribution in [0.15, 0.2) is 48.8 Å². The van der Waals surface area contributed by atoms with Crippen molar-refractivity contribution >= 4 is 17.6 Å². The molecular weight excluding hydrogens is 302 g/mol. The minimum Gasteiger partial charge on any atom is -0.480 e. The molecule has 0 aliphatic heterocycles. The van der Waals surface area contributed by atoms with Crippen molar-refractivity contribution in [2.24, 2.45) is 0 Å². The smallest absolute Gasteiger partial charge is 0.326 e. The molecule has 118 valence electrons. The molecule has 0 saturated heterocycles. The highest BCUT2D eigenvalue weighted by Crippen LogP contribution is 2.13. The zero-order chi connectivity index (χ0) is 16.8. The van der Waals surface area contributed by atoms with Crippen molar-refractivity contribution in [2.75, 3.05) is 0 Å². The maximum Gasteiger partial charge on any atom is 0.326 e. The molecule has 0 saturated carbocycles. The molecule has 0 aliphatic rings. The Morgan fingerprint density at radius 3 is 2.48 bits per heavy atom. The molecule has 0 fully saturated rings. The Balaban J connectivity index is 2.08. The molecule has 1 aromatic carbocycles. The van der Waals surface area contributed by atoms with E-state index in [1.165, 1.54) is 42.7 Å². The highest BCUT2D eigenvalue weighted by molar-refractivity contribution is 5.96. The molecule has 8 nitrogen and oxygen atoms in total. The maximum absolute atomic E-state index is 12.0. The number of carboxylic acids is 1. The second-order valence-corrected chi connectivity index (χ2v) is 4.73. The number of rotatable bonds is 6. The first-order chi connectivity index (χ1) is 11.0. The van der Waals surface area contributed by atoms with E-state index in [4.69, 9.17) is 0 Å². The molecule has 1 amide bonds. The van der Waals surface area contributed by atoms with Gasteiger partial charge in [-0.3, -0.25) is 19.9 Å². The molecule has 0 aliphatic carbocycles. The number of non-ortho nitro benzene ring substituents is 1. The second kappa shape index (κ2) is 7.12. The largest absolute Gasteiger partial charge is 0.480 e. The van der Waals surface area contributed by atoms with Gasteiger partial charge in [0.05, 0.1) is 10.5 Å². The number of nitro benzene ring substituents is 1. The molecule has 2 rings (SSSR count). The highest BCUT2D eigenvalue weighted by Gasteiger charge is 2.21. The lowest BCUT2D eigenvalue weighted by Gasteiger charge is -2.14. The van der Waals surface area contributed by atoms with E-state index in [0.29, 0.717) is 5.56 Å². The number of carbonyl (C=O) groups is 2. The average Bonchev–Trinajstić information content (AvgIpc) is 2.55. The first-order valence-electron chi connectivity index (χ1n) is 6.64. The van der Waals surface area contributed by atoms with Crippen LogP contribution in [0.3, 0.4) is 0 Å². The molecule has 0 radical (unpaired) electrons. The number of carboxylic acid groups (broad SMARTS) is 1. The monoisotopic (exact) mass is 315 g/mol. The Morgan fingerprint density at radius 2 is 1.96 bits per heavy atom. The third-order valence-electron chi connectivity index (χ3n) is 3.11. The molecular formula is C15H13N3O5. The summed E-state index contributed by atoms with van der Waals surface area (Å²) in [6.45, 7) is 0. The number of hydrogen-bond donors (Lipinski definition) is 2. The van der Waals surface area contributed by atoms with Crippen molar-refractivity contribution in [3.63, 3.8) is 0 Å². The molecule has 8 heteroatoms. The van der Waals surface area contributed by atoms with Gasteiger partial charge in [-0.1, -0.05) is 12.1 Å². The Hall–Kier alpha value is -3.29. The second-order valence-electron chi connectivity index (χ2n) is 4.73. The van der Waals surface area contributed by atoms with Crippen LogP contribution < -0.4 is 5.32 Å². The number of benzene rings is 1. The van der Waals surface area contributed by atoms with Crippen LogP contribution in [-0.2, 0) is 11.2 Å². The summed E-state index contributed by atoms with van der Waals surface area (Å²) in [6, 6.07) is 7.45. The lowest BCUT2D eigenvalue weighted by atomic mass is 10.1. The number of pyridine rings is 1. The first-order valence-corrected chi connectivity index (χ1v) is 6.64. The number of aromatic nitrogens is 1. The van der Waals surface area contributed by atoms with Crippen molar-refractivity contribution in [1.29, 1.82) is 0 Å². The SMILES string of the molecule is O=C(N[C@@H](Cc1ccc([N+](=O)[O-])cc1)C(=O)O)c1cccnc1. The topological polar surface area (TPSA) is 122 Å². The predicted molar refractivity (Wildman–Crippen MR) is 79.9 cm³/mol. The van der Waals surface area contributed by atoms with E-state index in [1.54, 1.807) is 6.07 Å². The van der Waals surface area contributed by atoms with E-state index < -0.39 is 22.8 Å². The molecule has 0 spiro atoms. The summed E-state index contributed by atoms with van der Waals surface area (Å²) in [4.78, 5) is 37.1. The van der Waals surface area contributed by atoms with E-state index in [1.807, 2.05) is 0 Å². The van der Waals surface area contributed by atoms with E-state index in [2.05, 4.69) is 10.3 Å². The van der Waals surface area contributed by atoms with Gasteiger partial charge < -0.3 is 10.4 Å².